The maximum Gasteiger partial charge on any atom is 0.324 e. The second-order valence-electron chi connectivity index (χ2n) is 6.82. The topological polar surface area (TPSA) is 88.8 Å². The smallest absolute Gasteiger partial charge is 0.324 e. The van der Waals surface area contributed by atoms with Crippen molar-refractivity contribution in [3.63, 3.8) is 0 Å². The van der Waals surface area contributed by atoms with Gasteiger partial charge in [0.15, 0.2) is 5.13 Å². The van der Waals surface area contributed by atoms with Crippen molar-refractivity contribution < 1.29 is 14.5 Å². The first kappa shape index (κ1) is 23.8. The van der Waals surface area contributed by atoms with Gasteiger partial charge >= 0.3 is 5.00 Å². The van der Waals surface area contributed by atoms with E-state index in [1.165, 1.54) is 23.5 Å². The van der Waals surface area contributed by atoms with Crippen molar-refractivity contribution in [2.75, 3.05) is 37.7 Å². The summed E-state index contributed by atoms with van der Waals surface area (Å²) < 4.78 is 6.65. The van der Waals surface area contributed by atoms with Gasteiger partial charge < -0.3 is 9.64 Å². The lowest BCUT2D eigenvalue weighted by Crippen LogP contribution is -2.38. The Bertz CT molecular complexity index is 1100. The maximum absolute atomic E-state index is 13.2. The number of hydrogen-bond acceptors (Lipinski definition) is 8. The molecule has 0 bridgehead atoms. The van der Waals surface area contributed by atoms with E-state index in [1.807, 2.05) is 25.1 Å². The number of amides is 1. The summed E-state index contributed by atoms with van der Waals surface area (Å²) in [4.78, 5) is 32.9. The number of thiophene rings is 1. The van der Waals surface area contributed by atoms with Gasteiger partial charge in [-0.05, 0) is 44.3 Å². The molecule has 8 nitrogen and oxygen atoms in total. The second kappa shape index (κ2) is 11.2. The molecule has 3 rings (SSSR count). The molecule has 170 valence electrons. The number of aromatic nitrogens is 1. The van der Waals surface area contributed by atoms with Gasteiger partial charge in [-0.3, -0.25) is 19.8 Å². The number of anilines is 1. The van der Waals surface area contributed by atoms with Gasteiger partial charge in [0.25, 0.3) is 5.91 Å². The number of carbonyl (C=O) groups excluding carboxylic acids is 1. The molecule has 0 aliphatic rings. The zero-order valence-corrected chi connectivity index (χ0v) is 19.9. The molecule has 0 unspecified atom stereocenters. The molecule has 10 heteroatoms. The molecule has 2 aromatic heterocycles. The lowest BCUT2D eigenvalue weighted by atomic mass is 10.3. The van der Waals surface area contributed by atoms with Crippen LogP contribution in [0.1, 0.15) is 25.6 Å². The number of nitrogens with zero attached hydrogens (tertiary/aromatic N) is 4. The summed E-state index contributed by atoms with van der Waals surface area (Å²) >= 11 is 2.48. The van der Waals surface area contributed by atoms with Gasteiger partial charge in [0.1, 0.15) is 11.3 Å². The number of hydrogen-bond donors (Lipinski definition) is 0. The number of carbonyl (C=O) groups is 1. The van der Waals surface area contributed by atoms with Crippen molar-refractivity contribution in [1.82, 2.24) is 9.88 Å². The van der Waals surface area contributed by atoms with Crippen LogP contribution in [0.5, 0.6) is 5.75 Å². The van der Waals surface area contributed by atoms with Gasteiger partial charge in [-0.25, -0.2) is 4.98 Å². The van der Waals surface area contributed by atoms with E-state index in [2.05, 4.69) is 18.7 Å². The molecular formula is C22H26N4O4S2. The molecule has 0 N–H and O–H groups in total. The molecular weight excluding hydrogens is 448 g/mol. The number of ether oxygens (including phenoxy) is 1. The minimum absolute atomic E-state index is 0.0464. The van der Waals surface area contributed by atoms with E-state index < -0.39 is 4.92 Å². The van der Waals surface area contributed by atoms with E-state index in [4.69, 9.17) is 9.72 Å². The average molecular weight is 475 g/mol. The molecule has 3 aromatic rings. The molecule has 0 atom stereocenters. The van der Waals surface area contributed by atoms with Crippen LogP contribution in [0, 0.1) is 10.1 Å². The first-order valence-corrected chi connectivity index (χ1v) is 12.1. The number of benzene rings is 1. The monoisotopic (exact) mass is 474 g/mol. The van der Waals surface area contributed by atoms with Gasteiger partial charge in [0.05, 0.1) is 16.2 Å². The van der Waals surface area contributed by atoms with Crippen LogP contribution in [-0.4, -0.2) is 53.5 Å². The Balaban J connectivity index is 1.89. The predicted molar refractivity (Wildman–Crippen MR) is 131 cm³/mol. The van der Waals surface area contributed by atoms with Crippen molar-refractivity contribution in [1.29, 1.82) is 0 Å². The molecule has 0 radical (unpaired) electrons. The molecule has 0 aliphatic heterocycles. The number of nitro groups is 1. The molecule has 0 spiro atoms. The number of fused-ring (bicyclic) bond motifs is 1. The van der Waals surface area contributed by atoms with Crippen molar-refractivity contribution in [2.45, 2.75) is 20.8 Å². The zero-order valence-electron chi connectivity index (χ0n) is 18.3. The largest absolute Gasteiger partial charge is 0.492 e. The van der Waals surface area contributed by atoms with Crippen molar-refractivity contribution in [3.8, 4) is 5.75 Å². The van der Waals surface area contributed by atoms with Gasteiger partial charge in [-0.15, -0.1) is 0 Å². The van der Waals surface area contributed by atoms with Crippen LogP contribution in [0.4, 0.5) is 10.1 Å². The summed E-state index contributed by atoms with van der Waals surface area (Å²) in [6.07, 6.45) is 3.07. The lowest BCUT2D eigenvalue weighted by Gasteiger charge is -2.23. The zero-order chi connectivity index (χ0) is 23.1. The second-order valence-corrected chi connectivity index (χ2v) is 8.92. The lowest BCUT2D eigenvalue weighted by molar-refractivity contribution is -0.380. The first-order valence-electron chi connectivity index (χ1n) is 10.4. The highest BCUT2D eigenvalue weighted by molar-refractivity contribution is 7.22. The first-order chi connectivity index (χ1) is 15.5. The number of para-hydroxylation sites is 1. The third-order valence-corrected chi connectivity index (χ3v) is 6.93. The van der Waals surface area contributed by atoms with E-state index >= 15 is 0 Å². The van der Waals surface area contributed by atoms with E-state index in [0.29, 0.717) is 35.5 Å². The highest BCUT2D eigenvalue weighted by atomic mass is 32.1. The number of thiazole rings is 1. The van der Waals surface area contributed by atoms with Gasteiger partial charge in [-0.1, -0.05) is 42.6 Å². The number of likely N-dealkylation sites (N-methyl/N-ethyl adjacent to an activating group) is 1. The molecule has 0 aliphatic carbocycles. The number of rotatable bonds is 11. The minimum atomic E-state index is -0.433. The SMILES string of the molecule is CCOc1cccc2sc(N(CCN(CC)CC)C(=O)C=Cc3ccc([N+](=O)[O-])s3)nc12. The van der Waals surface area contributed by atoms with Gasteiger partial charge in [-0.2, -0.15) is 0 Å². The van der Waals surface area contributed by atoms with Crippen LogP contribution in [-0.2, 0) is 4.79 Å². The summed E-state index contributed by atoms with van der Waals surface area (Å²) in [6.45, 7) is 9.61. The quantitative estimate of drug-likeness (QED) is 0.219. The van der Waals surface area contributed by atoms with E-state index in [9.17, 15) is 14.9 Å². The molecule has 32 heavy (non-hydrogen) atoms. The molecule has 2 heterocycles. The summed E-state index contributed by atoms with van der Waals surface area (Å²) in [5.41, 5.74) is 0.743. The Morgan fingerprint density at radius 2 is 1.94 bits per heavy atom. The maximum atomic E-state index is 13.2. The molecule has 1 aromatic carbocycles. The Kier molecular flexibility index (Phi) is 8.32. The summed E-state index contributed by atoms with van der Waals surface area (Å²) in [6, 6.07) is 8.84. The molecule has 1 amide bonds. The van der Waals surface area contributed by atoms with Crippen LogP contribution in [0.3, 0.4) is 0 Å². The highest BCUT2D eigenvalue weighted by Gasteiger charge is 2.20. The van der Waals surface area contributed by atoms with Crippen LogP contribution < -0.4 is 9.64 Å². The van der Waals surface area contributed by atoms with Gasteiger partial charge in [0.2, 0.25) is 0 Å². The molecule has 0 saturated heterocycles. The molecule has 0 saturated carbocycles. The minimum Gasteiger partial charge on any atom is -0.492 e. The summed E-state index contributed by atoms with van der Waals surface area (Å²) in [7, 11) is 0. The van der Waals surface area contributed by atoms with Crippen molar-refractivity contribution >= 4 is 55.0 Å². The fraction of sp³-hybridized carbons (Fsp3) is 0.364. The van der Waals surface area contributed by atoms with Crippen molar-refractivity contribution in [2.24, 2.45) is 0 Å². The Labute approximate surface area is 194 Å². The van der Waals surface area contributed by atoms with Crippen LogP contribution >= 0.6 is 22.7 Å². The van der Waals surface area contributed by atoms with Gasteiger partial charge in [0, 0.05) is 30.1 Å². The van der Waals surface area contributed by atoms with Crippen LogP contribution in [0.25, 0.3) is 16.3 Å². The molecule has 0 fully saturated rings. The standard InChI is InChI=1S/C22H26N4O4S2/c1-4-24(5-2)14-15-25(19(27)12-10-16-11-13-20(31-16)26(28)29)22-23-21-17(30-6-3)8-7-9-18(21)32-22/h7-13H,4-6,14-15H2,1-3H3. The fourth-order valence-electron chi connectivity index (χ4n) is 3.15. The van der Waals surface area contributed by atoms with E-state index in [-0.39, 0.29) is 10.9 Å². The Morgan fingerprint density at radius 3 is 2.59 bits per heavy atom. The third-order valence-electron chi connectivity index (χ3n) is 4.88. The Morgan fingerprint density at radius 1 is 1.16 bits per heavy atom. The third kappa shape index (κ3) is 5.70. The van der Waals surface area contributed by atoms with E-state index in [0.717, 1.165) is 34.6 Å². The van der Waals surface area contributed by atoms with Crippen molar-refractivity contribution in [3.05, 3.63) is 51.4 Å². The normalized spacial score (nSPS) is 11.5. The Hall–Kier alpha value is -2.82. The van der Waals surface area contributed by atoms with Crippen LogP contribution in [0.2, 0.25) is 0 Å². The predicted octanol–water partition coefficient (Wildman–Crippen LogP) is 5.05. The van der Waals surface area contributed by atoms with Crippen LogP contribution in [0.15, 0.2) is 36.4 Å². The fourth-order valence-corrected chi connectivity index (χ4v) is 4.89. The van der Waals surface area contributed by atoms with E-state index in [1.54, 1.807) is 17.0 Å². The summed E-state index contributed by atoms with van der Waals surface area (Å²) in [5.74, 6) is 0.482. The average Bonchev–Trinajstić information content (AvgIpc) is 3.43. The summed E-state index contributed by atoms with van der Waals surface area (Å²) in [5, 5.41) is 11.6. The highest BCUT2D eigenvalue weighted by Crippen LogP contribution is 2.34.